The molecule has 130 valence electrons. The summed E-state index contributed by atoms with van der Waals surface area (Å²) < 4.78 is 0. The second-order valence-electron chi connectivity index (χ2n) is 5.52. The molecule has 3 rings (SSSR count). The number of hydrogen-bond donors (Lipinski definition) is 1. The summed E-state index contributed by atoms with van der Waals surface area (Å²) in [6.45, 7) is 0. The van der Waals surface area contributed by atoms with Gasteiger partial charge in [-0.15, -0.1) is 11.3 Å². The third kappa shape index (κ3) is 4.23. The van der Waals surface area contributed by atoms with E-state index >= 15 is 0 Å². The Morgan fingerprint density at radius 1 is 1.04 bits per heavy atom. The smallest absolute Gasteiger partial charge is 0.276 e. The molecule has 1 unspecified atom stereocenters. The standard InChI is InChI=1S/C20H16N2O3S/c23-19(13-12-15-7-4-5-10-17(15)22(24)25)21-20(18-11-6-14-26-18)16-8-2-1-3-9-16/h1-14,20H,(H,21,23)/b13-12+. The lowest BCUT2D eigenvalue weighted by Gasteiger charge is -2.17. The van der Waals surface area contributed by atoms with Crippen molar-refractivity contribution >= 4 is 29.0 Å². The van der Waals surface area contributed by atoms with Crippen molar-refractivity contribution in [2.24, 2.45) is 0 Å². The van der Waals surface area contributed by atoms with Gasteiger partial charge in [0.15, 0.2) is 0 Å². The van der Waals surface area contributed by atoms with Crippen LogP contribution in [0.3, 0.4) is 0 Å². The lowest BCUT2D eigenvalue weighted by Crippen LogP contribution is -2.27. The quantitative estimate of drug-likeness (QED) is 0.395. The van der Waals surface area contributed by atoms with Gasteiger partial charge in [-0.05, 0) is 29.2 Å². The molecule has 0 saturated heterocycles. The molecule has 6 heteroatoms. The van der Waals surface area contributed by atoms with Gasteiger partial charge in [-0.2, -0.15) is 0 Å². The highest BCUT2D eigenvalue weighted by molar-refractivity contribution is 7.10. The number of nitrogens with one attached hydrogen (secondary N) is 1. The average Bonchev–Trinajstić information content (AvgIpc) is 3.19. The van der Waals surface area contributed by atoms with Gasteiger partial charge in [0.05, 0.1) is 16.5 Å². The largest absolute Gasteiger partial charge is 0.341 e. The fourth-order valence-corrected chi connectivity index (χ4v) is 3.37. The van der Waals surface area contributed by atoms with Crippen molar-refractivity contribution in [1.82, 2.24) is 5.32 Å². The minimum atomic E-state index is -0.462. The Morgan fingerprint density at radius 3 is 2.46 bits per heavy atom. The number of nitro groups is 1. The molecule has 1 N–H and O–H groups in total. The molecule has 5 nitrogen and oxygen atoms in total. The molecular weight excluding hydrogens is 348 g/mol. The minimum Gasteiger partial charge on any atom is -0.341 e. The highest BCUT2D eigenvalue weighted by Crippen LogP contribution is 2.26. The van der Waals surface area contributed by atoms with Crippen molar-refractivity contribution in [3.63, 3.8) is 0 Å². The van der Waals surface area contributed by atoms with Gasteiger partial charge in [0, 0.05) is 17.0 Å². The molecular formula is C20H16N2O3S. The van der Waals surface area contributed by atoms with Gasteiger partial charge < -0.3 is 5.32 Å². The Balaban J connectivity index is 1.80. The first kappa shape index (κ1) is 17.6. The van der Waals surface area contributed by atoms with Gasteiger partial charge in [0.25, 0.3) is 5.69 Å². The highest BCUT2D eigenvalue weighted by atomic mass is 32.1. The van der Waals surface area contributed by atoms with Gasteiger partial charge in [-0.25, -0.2) is 0 Å². The molecule has 0 aliphatic rings. The van der Waals surface area contributed by atoms with Crippen molar-refractivity contribution in [2.45, 2.75) is 6.04 Å². The van der Waals surface area contributed by atoms with Crippen LogP contribution in [0.15, 0.2) is 78.2 Å². The topological polar surface area (TPSA) is 72.2 Å². The Labute approximate surface area is 154 Å². The molecule has 0 radical (unpaired) electrons. The van der Waals surface area contributed by atoms with Crippen LogP contribution >= 0.6 is 11.3 Å². The average molecular weight is 364 g/mol. The number of rotatable bonds is 6. The Morgan fingerprint density at radius 2 is 1.77 bits per heavy atom. The molecule has 2 aromatic carbocycles. The van der Waals surface area contributed by atoms with E-state index in [-0.39, 0.29) is 17.6 Å². The van der Waals surface area contributed by atoms with Crippen molar-refractivity contribution in [1.29, 1.82) is 0 Å². The maximum Gasteiger partial charge on any atom is 0.276 e. The first-order valence-electron chi connectivity index (χ1n) is 7.95. The Kier molecular flexibility index (Phi) is 5.56. The summed E-state index contributed by atoms with van der Waals surface area (Å²) in [5, 5.41) is 16.0. The van der Waals surface area contributed by atoms with Crippen molar-refractivity contribution in [2.75, 3.05) is 0 Å². The summed E-state index contributed by atoms with van der Waals surface area (Å²) in [6.07, 6.45) is 2.79. The summed E-state index contributed by atoms with van der Waals surface area (Å²) >= 11 is 1.56. The maximum absolute atomic E-state index is 12.4. The summed E-state index contributed by atoms with van der Waals surface area (Å²) in [4.78, 5) is 24.0. The zero-order valence-corrected chi connectivity index (χ0v) is 14.6. The molecule has 1 aromatic heterocycles. The number of amides is 1. The molecule has 3 aromatic rings. The lowest BCUT2D eigenvalue weighted by molar-refractivity contribution is -0.385. The SMILES string of the molecule is O=C(/C=C/c1ccccc1[N+](=O)[O-])NC(c1ccccc1)c1cccs1. The lowest BCUT2D eigenvalue weighted by atomic mass is 10.1. The molecule has 0 saturated carbocycles. The van der Waals surface area contributed by atoms with Gasteiger partial charge >= 0.3 is 0 Å². The Hall–Kier alpha value is -3.25. The summed E-state index contributed by atoms with van der Waals surface area (Å²) in [7, 11) is 0. The monoisotopic (exact) mass is 364 g/mol. The fraction of sp³-hybridized carbons (Fsp3) is 0.0500. The van der Waals surface area contributed by atoms with Gasteiger partial charge in [0.1, 0.15) is 0 Å². The molecule has 1 atom stereocenters. The summed E-state index contributed by atoms with van der Waals surface area (Å²) in [5.41, 5.74) is 1.33. The summed E-state index contributed by atoms with van der Waals surface area (Å²) in [5.74, 6) is -0.314. The van der Waals surface area contributed by atoms with Crippen LogP contribution in [0, 0.1) is 10.1 Å². The van der Waals surface area contributed by atoms with Crippen LogP contribution in [0.5, 0.6) is 0 Å². The van der Waals surface area contributed by atoms with E-state index in [0.29, 0.717) is 5.56 Å². The molecule has 26 heavy (non-hydrogen) atoms. The van der Waals surface area contributed by atoms with Gasteiger partial charge in [0.2, 0.25) is 5.91 Å². The number of thiophene rings is 1. The number of para-hydroxylation sites is 1. The zero-order chi connectivity index (χ0) is 18.4. The van der Waals surface area contributed by atoms with Crippen LogP contribution < -0.4 is 5.32 Å². The second-order valence-corrected chi connectivity index (χ2v) is 6.50. The van der Waals surface area contributed by atoms with E-state index in [1.165, 1.54) is 18.2 Å². The maximum atomic E-state index is 12.4. The van der Waals surface area contributed by atoms with Crippen molar-refractivity contribution in [3.8, 4) is 0 Å². The van der Waals surface area contributed by atoms with Crippen LogP contribution in [0.2, 0.25) is 0 Å². The number of benzene rings is 2. The molecule has 1 heterocycles. The Bertz CT molecular complexity index is 921. The highest BCUT2D eigenvalue weighted by Gasteiger charge is 2.17. The molecule has 0 spiro atoms. The summed E-state index contributed by atoms with van der Waals surface area (Å²) in [6, 6.07) is 19.6. The number of nitrogens with zero attached hydrogens (tertiary/aromatic N) is 1. The zero-order valence-electron chi connectivity index (χ0n) is 13.7. The van der Waals surface area contributed by atoms with E-state index < -0.39 is 4.92 Å². The van der Waals surface area contributed by atoms with E-state index in [0.717, 1.165) is 10.4 Å². The fourth-order valence-electron chi connectivity index (χ4n) is 2.57. The number of carbonyl (C=O) groups is 1. The van der Waals surface area contributed by atoms with Crippen molar-refractivity contribution in [3.05, 3.63) is 104 Å². The first-order chi connectivity index (χ1) is 12.6. The van der Waals surface area contributed by atoms with E-state index in [2.05, 4.69) is 5.32 Å². The molecule has 1 amide bonds. The van der Waals surface area contributed by atoms with Gasteiger partial charge in [-0.1, -0.05) is 48.5 Å². The first-order valence-corrected chi connectivity index (χ1v) is 8.83. The third-order valence-corrected chi connectivity index (χ3v) is 4.73. The second kappa shape index (κ2) is 8.22. The van der Waals surface area contributed by atoms with Crippen molar-refractivity contribution < 1.29 is 9.72 Å². The van der Waals surface area contributed by atoms with E-state index in [1.54, 1.807) is 29.5 Å². The normalized spacial score (nSPS) is 12.0. The number of hydrogen-bond acceptors (Lipinski definition) is 4. The van der Waals surface area contributed by atoms with E-state index in [9.17, 15) is 14.9 Å². The van der Waals surface area contributed by atoms with Crippen LogP contribution in [0.4, 0.5) is 5.69 Å². The van der Waals surface area contributed by atoms with Gasteiger partial charge in [-0.3, -0.25) is 14.9 Å². The molecule has 0 bridgehead atoms. The molecule has 0 fully saturated rings. The van der Waals surface area contributed by atoms with Crippen LogP contribution in [0.1, 0.15) is 22.0 Å². The number of carbonyl (C=O) groups excluding carboxylic acids is 1. The minimum absolute atomic E-state index is 0.0329. The van der Waals surface area contributed by atoms with E-state index in [1.807, 2.05) is 47.8 Å². The predicted molar refractivity (Wildman–Crippen MR) is 103 cm³/mol. The third-order valence-electron chi connectivity index (χ3n) is 3.79. The predicted octanol–water partition coefficient (Wildman–Crippen LogP) is 4.58. The number of nitro benzene ring substituents is 1. The van der Waals surface area contributed by atoms with Crippen LogP contribution in [-0.4, -0.2) is 10.8 Å². The molecule has 0 aliphatic carbocycles. The molecule has 0 aliphatic heterocycles. The van der Waals surface area contributed by atoms with Crippen LogP contribution in [-0.2, 0) is 4.79 Å². The van der Waals surface area contributed by atoms with E-state index in [4.69, 9.17) is 0 Å². The van der Waals surface area contributed by atoms with Crippen LogP contribution in [0.25, 0.3) is 6.08 Å².